The van der Waals surface area contributed by atoms with Crippen LogP contribution in [-0.2, 0) is 9.53 Å². The zero-order valence-corrected chi connectivity index (χ0v) is 15.8. The average Bonchev–Trinajstić information content (AvgIpc) is 3.03. The summed E-state index contributed by atoms with van der Waals surface area (Å²) in [5.41, 5.74) is 1.60. The first kappa shape index (κ1) is 18.0. The van der Waals surface area contributed by atoms with Gasteiger partial charge in [0.15, 0.2) is 0 Å². The number of nitrogens with zero attached hydrogens (tertiary/aromatic N) is 2. The topological polar surface area (TPSA) is 71.8 Å². The number of thioether (sulfide) groups is 1. The monoisotopic (exact) mass is 388 g/mol. The van der Waals surface area contributed by atoms with Crippen LogP contribution in [0.3, 0.4) is 0 Å². The highest BCUT2D eigenvalue weighted by Gasteiger charge is 2.33. The largest absolute Gasteiger partial charge is 0.506 e. The number of aliphatic imine (C=N–C) groups is 1. The molecule has 0 spiro atoms. The first-order valence-corrected chi connectivity index (χ1v) is 9.37. The number of hydrogen-bond donors (Lipinski definition) is 1. The normalized spacial score (nSPS) is 16.9. The summed E-state index contributed by atoms with van der Waals surface area (Å²) >= 11 is 1.23. The SMILES string of the molecule is COC(=O)C1=C(O)/C(=C/c2cccnc2)SC1=Nc1cccc2ccccc12. The quantitative estimate of drug-likeness (QED) is 0.637. The molecule has 0 saturated heterocycles. The van der Waals surface area contributed by atoms with Gasteiger partial charge in [0.2, 0.25) is 0 Å². The van der Waals surface area contributed by atoms with Crippen LogP contribution in [0.5, 0.6) is 0 Å². The Bertz CT molecular complexity index is 1150. The van der Waals surface area contributed by atoms with Crippen LogP contribution < -0.4 is 0 Å². The Labute approximate surface area is 166 Å². The van der Waals surface area contributed by atoms with E-state index >= 15 is 0 Å². The number of fused-ring (bicyclic) bond motifs is 1. The van der Waals surface area contributed by atoms with E-state index in [0.29, 0.717) is 9.95 Å². The van der Waals surface area contributed by atoms with E-state index in [0.717, 1.165) is 22.0 Å². The molecule has 0 fully saturated rings. The Morgan fingerprint density at radius 2 is 1.96 bits per heavy atom. The maximum absolute atomic E-state index is 12.3. The minimum atomic E-state index is -0.626. The van der Waals surface area contributed by atoms with Gasteiger partial charge < -0.3 is 9.84 Å². The van der Waals surface area contributed by atoms with Crippen molar-refractivity contribution in [2.45, 2.75) is 0 Å². The fourth-order valence-electron chi connectivity index (χ4n) is 2.92. The Balaban J connectivity index is 1.83. The lowest BCUT2D eigenvalue weighted by Gasteiger charge is -2.05. The molecule has 0 atom stereocenters. The lowest BCUT2D eigenvalue weighted by Crippen LogP contribution is -2.10. The van der Waals surface area contributed by atoms with Crippen molar-refractivity contribution in [2.24, 2.45) is 4.99 Å². The number of pyridine rings is 1. The molecule has 28 heavy (non-hydrogen) atoms. The van der Waals surface area contributed by atoms with Gasteiger partial charge in [-0.3, -0.25) is 4.98 Å². The van der Waals surface area contributed by atoms with E-state index in [4.69, 9.17) is 4.74 Å². The molecular weight excluding hydrogens is 372 g/mol. The van der Waals surface area contributed by atoms with Gasteiger partial charge in [-0.1, -0.05) is 54.2 Å². The molecule has 5 nitrogen and oxygen atoms in total. The second-order valence-corrected chi connectivity index (χ2v) is 7.06. The van der Waals surface area contributed by atoms with Crippen LogP contribution in [0.1, 0.15) is 5.56 Å². The number of ether oxygens (including phenoxy) is 1. The van der Waals surface area contributed by atoms with Crippen molar-refractivity contribution in [3.63, 3.8) is 0 Å². The van der Waals surface area contributed by atoms with Gasteiger partial charge >= 0.3 is 5.97 Å². The lowest BCUT2D eigenvalue weighted by molar-refractivity contribution is -0.135. The van der Waals surface area contributed by atoms with Gasteiger partial charge in [-0.25, -0.2) is 9.79 Å². The number of carbonyl (C=O) groups excluding carboxylic acids is 1. The van der Waals surface area contributed by atoms with Crippen molar-refractivity contribution in [3.8, 4) is 0 Å². The Hall–Kier alpha value is -3.38. The molecule has 1 aromatic heterocycles. The van der Waals surface area contributed by atoms with E-state index in [2.05, 4.69) is 9.98 Å². The Morgan fingerprint density at radius 3 is 2.75 bits per heavy atom. The molecular formula is C22H16N2O3S. The molecule has 1 N–H and O–H groups in total. The van der Waals surface area contributed by atoms with E-state index in [9.17, 15) is 9.90 Å². The first-order valence-electron chi connectivity index (χ1n) is 8.55. The fourth-order valence-corrected chi connectivity index (χ4v) is 3.95. The van der Waals surface area contributed by atoms with Crippen molar-refractivity contribution < 1.29 is 14.6 Å². The van der Waals surface area contributed by atoms with Crippen molar-refractivity contribution in [2.75, 3.05) is 7.11 Å². The summed E-state index contributed by atoms with van der Waals surface area (Å²) in [6.07, 6.45) is 5.12. The van der Waals surface area contributed by atoms with Gasteiger partial charge in [0.25, 0.3) is 0 Å². The lowest BCUT2D eigenvalue weighted by atomic mass is 10.1. The molecule has 0 amide bonds. The number of hydrogen-bond acceptors (Lipinski definition) is 6. The third-order valence-corrected chi connectivity index (χ3v) is 5.27. The zero-order chi connectivity index (χ0) is 19.5. The van der Waals surface area contributed by atoms with Gasteiger partial charge in [0, 0.05) is 17.8 Å². The molecule has 0 bridgehead atoms. The van der Waals surface area contributed by atoms with Crippen LogP contribution in [0.25, 0.3) is 16.8 Å². The second-order valence-electron chi connectivity index (χ2n) is 6.03. The smallest absolute Gasteiger partial charge is 0.344 e. The average molecular weight is 388 g/mol. The molecule has 138 valence electrons. The summed E-state index contributed by atoms with van der Waals surface area (Å²) in [5, 5.41) is 13.1. The number of aliphatic hydroxyl groups excluding tert-OH is 1. The number of methoxy groups -OCH3 is 1. The number of rotatable bonds is 3. The summed E-state index contributed by atoms with van der Waals surface area (Å²) in [4.78, 5) is 21.6. The first-order chi connectivity index (χ1) is 13.7. The van der Waals surface area contributed by atoms with Gasteiger partial charge in [-0.2, -0.15) is 0 Å². The van der Waals surface area contributed by atoms with Crippen molar-refractivity contribution in [3.05, 3.63) is 88.8 Å². The summed E-state index contributed by atoms with van der Waals surface area (Å²) in [6.45, 7) is 0. The van der Waals surface area contributed by atoms with Crippen LogP contribution >= 0.6 is 11.8 Å². The third-order valence-electron chi connectivity index (χ3n) is 4.25. The van der Waals surface area contributed by atoms with Crippen LogP contribution in [0.15, 0.2) is 88.2 Å². The molecule has 6 heteroatoms. The number of aromatic nitrogens is 1. The van der Waals surface area contributed by atoms with Gasteiger partial charge in [0.1, 0.15) is 16.4 Å². The maximum atomic E-state index is 12.3. The Morgan fingerprint density at radius 1 is 1.14 bits per heavy atom. The molecule has 2 heterocycles. The van der Waals surface area contributed by atoms with E-state index in [1.807, 2.05) is 48.5 Å². The molecule has 0 aliphatic carbocycles. The van der Waals surface area contributed by atoms with Crippen LogP contribution in [0.2, 0.25) is 0 Å². The van der Waals surface area contributed by atoms with Gasteiger partial charge in [0.05, 0.1) is 17.7 Å². The van der Waals surface area contributed by atoms with E-state index in [1.54, 1.807) is 24.5 Å². The minimum Gasteiger partial charge on any atom is -0.506 e. The summed E-state index contributed by atoms with van der Waals surface area (Å²) in [6, 6.07) is 17.3. The molecule has 0 unspecified atom stereocenters. The van der Waals surface area contributed by atoms with E-state index in [1.165, 1.54) is 18.9 Å². The van der Waals surface area contributed by atoms with Crippen LogP contribution in [0.4, 0.5) is 5.69 Å². The highest BCUT2D eigenvalue weighted by Crippen LogP contribution is 2.40. The summed E-state index contributed by atoms with van der Waals surface area (Å²) < 4.78 is 4.87. The third kappa shape index (κ3) is 3.42. The van der Waals surface area contributed by atoms with Crippen LogP contribution in [0, 0.1) is 0 Å². The fraction of sp³-hybridized carbons (Fsp3) is 0.0455. The predicted octanol–water partition coefficient (Wildman–Crippen LogP) is 5.04. The maximum Gasteiger partial charge on any atom is 0.344 e. The molecule has 3 aromatic rings. The van der Waals surface area contributed by atoms with E-state index in [-0.39, 0.29) is 11.3 Å². The molecule has 0 radical (unpaired) electrons. The van der Waals surface area contributed by atoms with Crippen molar-refractivity contribution in [1.29, 1.82) is 0 Å². The highest BCUT2D eigenvalue weighted by molar-refractivity contribution is 8.18. The summed E-state index contributed by atoms with van der Waals surface area (Å²) in [5.74, 6) is -0.765. The Kier molecular flexibility index (Phi) is 4.95. The molecule has 4 rings (SSSR count). The van der Waals surface area contributed by atoms with Crippen molar-refractivity contribution in [1.82, 2.24) is 4.98 Å². The molecule has 0 saturated carbocycles. The minimum absolute atomic E-state index is 0.0653. The number of carbonyl (C=O) groups is 1. The number of benzene rings is 2. The van der Waals surface area contributed by atoms with Gasteiger partial charge in [-0.05, 0) is 29.2 Å². The predicted molar refractivity (Wildman–Crippen MR) is 113 cm³/mol. The number of esters is 1. The zero-order valence-electron chi connectivity index (χ0n) is 15.0. The van der Waals surface area contributed by atoms with Crippen molar-refractivity contribution >= 4 is 45.3 Å². The second kappa shape index (κ2) is 7.70. The molecule has 1 aliphatic heterocycles. The van der Waals surface area contributed by atoms with Gasteiger partial charge in [-0.15, -0.1) is 0 Å². The highest BCUT2D eigenvalue weighted by atomic mass is 32.2. The van der Waals surface area contributed by atoms with E-state index < -0.39 is 5.97 Å². The van der Waals surface area contributed by atoms with Crippen LogP contribution in [-0.4, -0.2) is 28.2 Å². The molecule has 1 aliphatic rings. The molecule has 2 aromatic carbocycles. The summed E-state index contributed by atoms with van der Waals surface area (Å²) in [7, 11) is 1.28. The number of aliphatic hydroxyl groups is 1. The standard InChI is InChI=1S/C22H16N2O3S/c1-27-22(26)19-20(25)18(12-14-6-5-11-23-13-14)28-21(19)24-17-10-4-8-15-7-2-3-9-16(15)17/h2-13,25H,1H3/b18-12-,24-21?.